The Bertz CT molecular complexity index is 333. The number of carbonyl (C=O) groups excluding carboxylic acids is 1. The highest BCUT2D eigenvalue weighted by Gasteiger charge is 2.50. The van der Waals surface area contributed by atoms with E-state index in [0.29, 0.717) is 18.0 Å². The summed E-state index contributed by atoms with van der Waals surface area (Å²) in [7, 11) is 0. The molecule has 2 saturated carbocycles. The van der Waals surface area contributed by atoms with Crippen molar-refractivity contribution in [2.45, 2.75) is 70.5 Å². The summed E-state index contributed by atoms with van der Waals surface area (Å²) in [5.41, 5.74) is -0.303. The quantitative estimate of drug-likeness (QED) is 0.831. The van der Waals surface area contributed by atoms with Crippen LogP contribution in [0.3, 0.4) is 0 Å². The number of hydrogen-bond donors (Lipinski definition) is 1. The Kier molecular flexibility index (Phi) is 3.13. The molecule has 3 rings (SSSR count). The van der Waals surface area contributed by atoms with Crippen LogP contribution in [0.1, 0.15) is 58.8 Å². The Morgan fingerprint density at radius 2 is 1.94 bits per heavy atom. The predicted octanol–water partition coefficient (Wildman–Crippen LogP) is 2.51. The smallest absolute Gasteiger partial charge is 0.243 e. The van der Waals surface area contributed by atoms with E-state index in [1.807, 2.05) is 0 Å². The molecule has 0 aromatic carbocycles. The third kappa shape index (κ3) is 2.07. The minimum absolute atomic E-state index is 0.303. The van der Waals surface area contributed by atoms with Crippen LogP contribution in [-0.2, 0) is 4.79 Å². The number of nitrogens with one attached hydrogen (secondary N) is 1. The average Bonchev–Trinajstić information content (AvgIpc) is 2.95. The standard InChI is InChI=1S/C15H26N2O/c1-3-15(2)14(18)17(10-11-8-9-11)13(16-15)12-6-4-5-7-12/h11-13,16H,3-10H2,1-2H3. The van der Waals surface area contributed by atoms with Gasteiger partial charge in [0.2, 0.25) is 5.91 Å². The Hall–Kier alpha value is -0.570. The van der Waals surface area contributed by atoms with Crippen LogP contribution < -0.4 is 5.32 Å². The summed E-state index contributed by atoms with van der Waals surface area (Å²) in [6.45, 7) is 5.21. The fourth-order valence-corrected chi connectivity index (χ4v) is 3.58. The molecule has 0 bridgehead atoms. The number of rotatable bonds is 4. The van der Waals surface area contributed by atoms with Crippen LogP contribution in [-0.4, -0.2) is 29.1 Å². The van der Waals surface area contributed by atoms with Crippen molar-refractivity contribution in [3.63, 3.8) is 0 Å². The molecular formula is C15H26N2O. The van der Waals surface area contributed by atoms with E-state index in [2.05, 4.69) is 24.1 Å². The molecule has 18 heavy (non-hydrogen) atoms. The van der Waals surface area contributed by atoms with Gasteiger partial charge < -0.3 is 4.90 Å². The van der Waals surface area contributed by atoms with Gasteiger partial charge in [0.05, 0.1) is 11.7 Å². The maximum absolute atomic E-state index is 12.7. The second-order valence-electron chi connectivity index (χ2n) is 6.72. The zero-order valence-corrected chi connectivity index (χ0v) is 11.7. The van der Waals surface area contributed by atoms with E-state index in [4.69, 9.17) is 0 Å². The summed E-state index contributed by atoms with van der Waals surface area (Å²) in [5, 5.41) is 3.67. The lowest BCUT2D eigenvalue weighted by atomic mass is 9.99. The van der Waals surface area contributed by atoms with E-state index in [9.17, 15) is 4.79 Å². The molecule has 2 aliphatic carbocycles. The second kappa shape index (κ2) is 4.52. The van der Waals surface area contributed by atoms with Crippen molar-refractivity contribution in [1.82, 2.24) is 10.2 Å². The summed E-state index contributed by atoms with van der Waals surface area (Å²) in [6.07, 6.45) is 9.15. The molecule has 1 heterocycles. The van der Waals surface area contributed by atoms with Crippen LogP contribution in [0.25, 0.3) is 0 Å². The minimum atomic E-state index is -0.303. The highest BCUT2D eigenvalue weighted by molar-refractivity contribution is 5.88. The van der Waals surface area contributed by atoms with Gasteiger partial charge >= 0.3 is 0 Å². The van der Waals surface area contributed by atoms with Crippen molar-refractivity contribution < 1.29 is 4.79 Å². The van der Waals surface area contributed by atoms with E-state index in [-0.39, 0.29) is 5.54 Å². The van der Waals surface area contributed by atoms with Gasteiger partial charge in [-0.1, -0.05) is 19.8 Å². The molecule has 3 fully saturated rings. The second-order valence-corrected chi connectivity index (χ2v) is 6.72. The molecule has 0 aromatic heterocycles. The molecule has 1 aliphatic heterocycles. The van der Waals surface area contributed by atoms with Crippen molar-refractivity contribution in [2.24, 2.45) is 11.8 Å². The molecule has 3 heteroatoms. The third-order valence-corrected chi connectivity index (χ3v) is 5.24. The van der Waals surface area contributed by atoms with Crippen molar-refractivity contribution in [1.29, 1.82) is 0 Å². The lowest BCUT2D eigenvalue weighted by Gasteiger charge is -2.29. The minimum Gasteiger partial charge on any atom is -0.325 e. The summed E-state index contributed by atoms with van der Waals surface area (Å²) < 4.78 is 0. The molecule has 0 radical (unpaired) electrons. The summed E-state index contributed by atoms with van der Waals surface area (Å²) in [4.78, 5) is 14.8. The van der Waals surface area contributed by atoms with Crippen LogP contribution in [0.2, 0.25) is 0 Å². The van der Waals surface area contributed by atoms with E-state index < -0.39 is 0 Å². The normalized spacial score (nSPS) is 37.8. The van der Waals surface area contributed by atoms with Gasteiger partial charge in [0.25, 0.3) is 0 Å². The average molecular weight is 250 g/mol. The summed E-state index contributed by atoms with van der Waals surface area (Å²) in [6, 6.07) is 0. The monoisotopic (exact) mass is 250 g/mol. The Balaban J connectivity index is 1.78. The maximum atomic E-state index is 12.7. The number of hydrogen-bond acceptors (Lipinski definition) is 2. The largest absolute Gasteiger partial charge is 0.325 e. The lowest BCUT2D eigenvalue weighted by Crippen LogP contribution is -2.45. The van der Waals surface area contributed by atoms with E-state index >= 15 is 0 Å². The van der Waals surface area contributed by atoms with Crippen LogP contribution >= 0.6 is 0 Å². The predicted molar refractivity (Wildman–Crippen MR) is 72.0 cm³/mol. The first-order valence-corrected chi connectivity index (χ1v) is 7.73. The zero-order valence-electron chi connectivity index (χ0n) is 11.7. The van der Waals surface area contributed by atoms with Gasteiger partial charge in [-0.15, -0.1) is 0 Å². The van der Waals surface area contributed by atoms with Gasteiger partial charge in [0, 0.05) is 6.54 Å². The first kappa shape index (κ1) is 12.5. The van der Waals surface area contributed by atoms with Crippen molar-refractivity contribution in [3.8, 4) is 0 Å². The Morgan fingerprint density at radius 3 is 2.50 bits per heavy atom. The molecule has 0 spiro atoms. The molecule has 1 N–H and O–H groups in total. The molecule has 2 atom stereocenters. The summed E-state index contributed by atoms with van der Waals surface area (Å²) >= 11 is 0. The van der Waals surface area contributed by atoms with E-state index in [1.165, 1.54) is 38.5 Å². The van der Waals surface area contributed by atoms with Crippen LogP contribution in [0.5, 0.6) is 0 Å². The Morgan fingerprint density at radius 1 is 1.28 bits per heavy atom. The molecule has 3 nitrogen and oxygen atoms in total. The van der Waals surface area contributed by atoms with E-state index in [1.54, 1.807) is 0 Å². The molecular weight excluding hydrogens is 224 g/mol. The SMILES string of the molecule is CCC1(C)NC(C2CCCC2)N(CC2CC2)C1=O. The fraction of sp³-hybridized carbons (Fsp3) is 0.933. The topological polar surface area (TPSA) is 32.3 Å². The number of nitrogens with zero attached hydrogens (tertiary/aromatic N) is 1. The molecule has 2 unspecified atom stereocenters. The zero-order chi connectivity index (χ0) is 12.8. The van der Waals surface area contributed by atoms with Crippen LogP contribution in [0, 0.1) is 11.8 Å². The highest BCUT2D eigenvalue weighted by Crippen LogP contribution is 2.38. The van der Waals surface area contributed by atoms with Crippen molar-refractivity contribution in [2.75, 3.05) is 6.54 Å². The third-order valence-electron chi connectivity index (χ3n) is 5.24. The first-order valence-electron chi connectivity index (χ1n) is 7.73. The van der Waals surface area contributed by atoms with Gasteiger partial charge in [0.15, 0.2) is 0 Å². The Labute approximate surface area is 110 Å². The van der Waals surface area contributed by atoms with Crippen molar-refractivity contribution in [3.05, 3.63) is 0 Å². The van der Waals surface area contributed by atoms with E-state index in [0.717, 1.165) is 18.9 Å². The van der Waals surface area contributed by atoms with Crippen molar-refractivity contribution >= 4 is 5.91 Å². The first-order chi connectivity index (χ1) is 8.64. The molecule has 1 amide bonds. The highest BCUT2D eigenvalue weighted by atomic mass is 16.2. The van der Waals surface area contributed by atoms with Gasteiger partial charge in [-0.3, -0.25) is 10.1 Å². The number of carbonyl (C=O) groups is 1. The molecule has 1 saturated heterocycles. The van der Waals surface area contributed by atoms with Crippen LogP contribution in [0.15, 0.2) is 0 Å². The number of amides is 1. The van der Waals surface area contributed by atoms with Gasteiger partial charge in [-0.25, -0.2) is 0 Å². The molecule has 3 aliphatic rings. The van der Waals surface area contributed by atoms with Gasteiger partial charge in [0.1, 0.15) is 0 Å². The lowest BCUT2D eigenvalue weighted by molar-refractivity contribution is -0.133. The van der Waals surface area contributed by atoms with Gasteiger partial charge in [-0.05, 0) is 50.9 Å². The molecule has 102 valence electrons. The van der Waals surface area contributed by atoms with Crippen LogP contribution in [0.4, 0.5) is 0 Å². The molecule has 0 aromatic rings. The van der Waals surface area contributed by atoms with Gasteiger partial charge in [-0.2, -0.15) is 0 Å². The maximum Gasteiger partial charge on any atom is 0.243 e. The summed E-state index contributed by atoms with van der Waals surface area (Å²) in [5.74, 6) is 1.84. The fourth-order valence-electron chi connectivity index (χ4n) is 3.58.